The number of hydrogen-bond acceptors (Lipinski definition) is 8. The summed E-state index contributed by atoms with van der Waals surface area (Å²) < 4.78 is 73.7. The van der Waals surface area contributed by atoms with E-state index in [1.54, 1.807) is 19.2 Å². The van der Waals surface area contributed by atoms with E-state index in [4.69, 9.17) is 14.2 Å². The minimum atomic E-state index is -4.38. The molecule has 2 aromatic carbocycles. The molecule has 2 aliphatic heterocycles. The zero-order chi connectivity index (χ0) is 32.1. The molecule has 2 saturated heterocycles. The van der Waals surface area contributed by atoms with E-state index in [9.17, 15) is 13.2 Å². The van der Waals surface area contributed by atoms with Crippen LogP contribution in [0.1, 0.15) is 36.1 Å². The van der Waals surface area contributed by atoms with Gasteiger partial charge in [-0.25, -0.2) is 4.39 Å². The molecule has 46 heavy (non-hydrogen) atoms. The molecular weight excluding hydrogens is 620 g/mol. The predicted molar refractivity (Wildman–Crippen MR) is 175 cm³/mol. The predicted octanol–water partition coefficient (Wildman–Crippen LogP) is 6.51. The molecule has 0 spiro atoms. The van der Waals surface area contributed by atoms with Crippen molar-refractivity contribution in [1.29, 1.82) is 0 Å². The van der Waals surface area contributed by atoms with Gasteiger partial charge in [0.15, 0.2) is 0 Å². The largest absolute Gasteiger partial charge is 0.489 e. The van der Waals surface area contributed by atoms with E-state index in [-0.39, 0.29) is 24.8 Å². The Hall–Kier alpha value is -3.24. The van der Waals surface area contributed by atoms with E-state index in [1.165, 1.54) is 30.2 Å². The Kier molecular flexibility index (Phi) is 10.4. The normalized spacial score (nSPS) is 18.0. The van der Waals surface area contributed by atoms with Gasteiger partial charge in [-0.1, -0.05) is 24.0 Å². The summed E-state index contributed by atoms with van der Waals surface area (Å²) in [4.78, 5) is 4.85. The maximum Gasteiger partial charge on any atom is 0.393 e. The van der Waals surface area contributed by atoms with E-state index >= 15 is 4.39 Å². The smallest absolute Gasteiger partial charge is 0.393 e. The van der Waals surface area contributed by atoms with Gasteiger partial charge >= 0.3 is 6.18 Å². The molecule has 0 bridgehead atoms. The monoisotopic (exact) mass is 660 g/mol. The number of hydrogen-bond donors (Lipinski definition) is 2. The van der Waals surface area contributed by atoms with Crippen molar-refractivity contribution in [2.24, 2.45) is 0 Å². The Balaban J connectivity index is 1.21. The number of benzene rings is 2. The average Bonchev–Trinajstić information content (AvgIpc) is 3.84. The first kappa shape index (κ1) is 32.7. The number of halogens is 4. The fourth-order valence-corrected chi connectivity index (χ4v) is 7.35. The summed E-state index contributed by atoms with van der Waals surface area (Å²) in [5.41, 5.74) is 1.88. The van der Waals surface area contributed by atoms with Gasteiger partial charge in [0.05, 0.1) is 59.4 Å². The highest BCUT2D eigenvalue weighted by Gasteiger charge is 2.33. The quantitative estimate of drug-likeness (QED) is 0.138. The highest BCUT2D eigenvalue weighted by atomic mass is 32.1. The molecule has 3 heterocycles. The minimum Gasteiger partial charge on any atom is -0.489 e. The van der Waals surface area contributed by atoms with Crippen LogP contribution in [0.15, 0.2) is 30.3 Å². The number of likely N-dealkylation sites (tertiary alicyclic amines) is 1. The van der Waals surface area contributed by atoms with Crippen LogP contribution < -0.4 is 20.3 Å². The maximum absolute atomic E-state index is 15.2. The molecule has 7 nitrogen and oxygen atoms in total. The van der Waals surface area contributed by atoms with Crippen molar-refractivity contribution in [2.75, 3.05) is 81.8 Å². The van der Waals surface area contributed by atoms with E-state index in [2.05, 4.69) is 27.4 Å². The second-order valence-electron chi connectivity index (χ2n) is 12.0. The molecule has 0 atom stereocenters. The van der Waals surface area contributed by atoms with E-state index in [0.717, 1.165) is 42.4 Å². The molecule has 248 valence electrons. The summed E-state index contributed by atoms with van der Waals surface area (Å²) in [6.45, 7) is 4.97. The third-order valence-corrected chi connectivity index (χ3v) is 9.86. The van der Waals surface area contributed by atoms with Crippen LogP contribution in [-0.4, -0.2) is 89.4 Å². The second kappa shape index (κ2) is 14.7. The van der Waals surface area contributed by atoms with Crippen molar-refractivity contribution >= 4 is 38.5 Å². The number of methoxy groups -OCH3 is 1. The van der Waals surface area contributed by atoms with Crippen molar-refractivity contribution in [3.63, 3.8) is 0 Å². The number of alkyl halides is 3. The van der Waals surface area contributed by atoms with Crippen LogP contribution in [0.5, 0.6) is 5.75 Å². The molecule has 12 heteroatoms. The lowest BCUT2D eigenvalue weighted by Gasteiger charge is -2.33. The second-order valence-corrected chi connectivity index (χ2v) is 13.0. The Morgan fingerprint density at radius 3 is 2.52 bits per heavy atom. The maximum atomic E-state index is 15.2. The van der Waals surface area contributed by atoms with Gasteiger partial charge in [0.25, 0.3) is 0 Å². The summed E-state index contributed by atoms with van der Waals surface area (Å²) in [7, 11) is 1.57. The van der Waals surface area contributed by atoms with Gasteiger partial charge in [-0.05, 0) is 42.7 Å². The molecule has 3 fully saturated rings. The summed E-state index contributed by atoms with van der Waals surface area (Å²) in [6.07, 6.45) is -0.839. The summed E-state index contributed by atoms with van der Waals surface area (Å²) in [5.74, 6) is 6.01. The number of ether oxygens (including phenoxy) is 3. The van der Waals surface area contributed by atoms with Crippen LogP contribution in [0.25, 0.3) is 10.1 Å². The Bertz CT molecular complexity index is 1550. The van der Waals surface area contributed by atoms with Gasteiger partial charge in [-0.15, -0.1) is 11.3 Å². The number of piperidine rings is 1. The first-order valence-electron chi connectivity index (χ1n) is 15.9. The van der Waals surface area contributed by atoms with Crippen molar-refractivity contribution in [3.05, 3.63) is 46.6 Å². The highest BCUT2D eigenvalue weighted by Crippen LogP contribution is 2.40. The Morgan fingerprint density at radius 2 is 1.80 bits per heavy atom. The van der Waals surface area contributed by atoms with Crippen LogP contribution in [0.3, 0.4) is 0 Å². The molecule has 3 aliphatic rings. The zero-order valence-corrected chi connectivity index (χ0v) is 26.8. The zero-order valence-electron chi connectivity index (χ0n) is 26.0. The molecule has 0 unspecified atom stereocenters. The number of thiophene rings is 1. The van der Waals surface area contributed by atoms with Crippen LogP contribution in [0.2, 0.25) is 0 Å². The SMILES string of the molecule is COCCOc1cc(N2CCOCC2)c(F)cc1NCC#Cc1sc2c(NC3CCN(C4CC4)CC3)cccc2c1CC(F)(F)F. The van der Waals surface area contributed by atoms with E-state index in [1.807, 2.05) is 17.0 Å². The summed E-state index contributed by atoms with van der Waals surface area (Å²) in [5, 5.41) is 7.32. The van der Waals surface area contributed by atoms with Gasteiger partial charge in [0.1, 0.15) is 18.2 Å². The average molecular weight is 661 g/mol. The Labute approximate surface area is 271 Å². The third-order valence-electron chi connectivity index (χ3n) is 8.66. The number of morpholine rings is 1. The molecule has 1 saturated carbocycles. The standard InChI is InChI=1S/C34H40F4N4O3S/c1-43-18-19-45-31-21-30(42-14-16-44-17-15-42)27(35)20-29(31)39-11-3-6-32-26(22-34(36,37)38)25-4-2-5-28(33(25)46-32)40-23-9-12-41(13-10-23)24-7-8-24/h2,4-5,20-21,23-24,39-40H,7-19,22H2,1H3. The molecule has 1 aromatic heterocycles. The van der Waals surface area contributed by atoms with Gasteiger partial charge in [0.2, 0.25) is 0 Å². The van der Waals surface area contributed by atoms with Crippen molar-refractivity contribution < 1.29 is 31.8 Å². The lowest BCUT2D eigenvalue weighted by atomic mass is 10.0. The van der Waals surface area contributed by atoms with Crippen LogP contribution >= 0.6 is 11.3 Å². The lowest BCUT2D eigenvalue weighted by Crippen LogP contribution is -2.40. The van der Waals surface area contributed by atoms with Crippen molar-refractivity contribution in [3.8, 4) is 17.6 Å². The number of nitrogens with zero attached hydrogens (tertiary/aromatic N) is 2. The van der Waals surface area contributed by atoms with E-state index in [0.29, 0.717) is 60.3 Å². The summed E-state index contributed by atoms with van der Waals surface area (Å²) >= 11 is 1.29. The number of nitrogens with one attached hydrogen (secondary N) is 2. The first-order valence-corrected chi connectivity index (χ1v) is 16.7. The molecule has 2 N–H and O–H groups in total. The first-order chi connectivity index (χ1) is 22.3. The third kappa shape index (κ3) is 8.18. The number of rotatable bonds is 11. The molecule has 1 aliphatic carbocycles. The van der Waals surface area contributed by atoms with Crippen molar-refractivity contribution in [1.82, 2.24) is 4.90 Å². The molecule has 3 aromatic rings. The Morgan fingerprint density at radius 1 is 1.02 bits per heavy atom. The van der Waals surface area contributed by atoms with Gasteiger partial charge in [0, 0.05) is 57.5 Å². The van der Waals surface area contributed by atoms with Gasteiger partial charge in [-0.3, -0.25) is 0 Å². The van der Waals surface area contributed by atoms with Gasteiger partial charge in [-0.2, -0.15) is 13.2 Å². The topological polar surface area (TPSA) is 58.2 Å². The lowest BCUT2D eigenvalue weighted by molar-refractivity contribution is -0.126. The molecule has 0 radical (unpaired) electrons. The molecular formula is C34H40F4N4O3S. The molecule has 0 amide bonds. The fraction of sp³-hybridized carbons (Fsp3) is 0.529. The van der Waals surface area contributed by atoms with E-state index < -0.39 is 18.4 Å². The van der Waals surface area contributed by atoms with Crippen molar-refractivity contribution in [2.45, 2.75) is 50.4 Å². The highest BCUT2D eigenvalue weighted by molar-refractivity contribution is 7.20. The van der Waals surface area contributed by atoms with Crippen LogP contribution in [-0.2, 0) is 15.9 Å². The molecule has 6 rings (SSSR count). The van der Waals surface area contributed by atoms with Crippen LogP contribution in [0.4, 0.5) is 34.6 Å². The van der Waals surface area contributed by atoms with Crippen LogP contribution in [0, 0.1) is 17.7 Å². The number of anilines is 3. The minimum absolute atomic E-state index is 0.0847. The fourth-order valence-electron chi connectivity index (χ4n) is 6.18. The van der Waals surface area contributed by atoms with Gasteiger partial charge < -0.3 is 34.6 Å². The summed E-state index contributed by atoms with van der Waals surface area (Å²) in [6, 6.07) is 9.56. The number of fused-ring (bicyclic) bond motifs is 1.